The molecule has 0 aromatic heterocycles. The van der Waals surface area contributed by atoms with E-state index < -0.39 is 8.07 Å². The molecule has 3 heteroatoms. The van der Waals surface area contributed by atoms with Crippen LogP contribution in [0.3, 0.4) is 0 Å². The summed E-state index contributed by atoms with van der Waals surface area (Å²) in [6.45, 7) is 6.94. The summed E-state index contributed by atoms with van der Waals surface area (Å²) in [6.07, 6.45) is 2.50. The molecule has 20 heavy (non-hydrogen) atoms. The number of unbranched alkanes of at least 4 members (excludes halogenated alkanes) is 1. The zero-order chi connectivity index (χ0) is 12.8. The predicted octanol–water partition coefficient (Wildman–Crippen LogP) is 0.0462. The van der Waals surface area contributed by atoms with Crippen LogP contribution in [0.4, 0.5) is 0 Å². The Morgan fingerprint density at radius 3 is 1.60 bits per heavy atom. The first-order valence-electron chi connectivity index (χ1n) is 6.74. The van der Waals surface area contributed by atoms with Crippen molar-refractivity contribution in [2.45, 2.75) is 25.8 Å². The van der Waals surface area contributed by atoms with Crippen LogP contribution < -0.4 is 22.8 Å². The maximum absolute atomic E-state index is 4.69. The first-order valence-corrected chi connectivity index (χ1v) is 9.15. The molecule has 0 atom stereocenters. The van der Waals surface area contributed by atoms with Gasteiger partial charge in [-0.2, -0.15) is 0 Å². The Morgan fingerprint density at radius 2 is 1.25 bits per heavy atom. The van der Waals surface area contributed by atoms with Gasteiger partial charge in [0.05, 0.1) is 0 Å². The van der Waals surface area contributed by atoms with Gasteiger partial charge in [-0.05, 0) is 8.07 Å². The van der Waals surface area contributed by atoms with Crippen LogP contribution in [0, 0.1) is 6.55 Å². The quantitative estimate of drug-likeness (QED) is 0.540. The van der Waals surface area contributed by atoms with Crippen molar-refractivity contribution in [3.63, 3.8) is 0 Å². The molecule has 0 aliphatic rings. The number of halogens is 1. The van der Waals surface area contributed by atoms with E-state index in [4.69, 9.17) is 0 Å². The summed E-state index contributed by atoms with van der Waals surface area (Å²) in [7, 11) is -1.77. The molecule has 0 amide bonds. The Hall–Kier alpha value is -0.287. The molecule has 2 aromatic carbocycles. The molecule has 102 valence electrons. The molecule has 0 heterocycles. The number of hydrogen-bond acceptors (Lipinski definition) is 0. The molecule has 0 fully saturated rings. The van der Waals surface area contributed by atoms with Crippen LogP contribution in [0.1, 0.15) is 19.8 Å². The largest absolute Gasteiger partial charge is 2.00 e. The van der Waals surface area contributed by atoms with Crippen molar-refractivity contribution >= 4 is 41.5 Å². The van der Waals surface area contributed by atoms with Gasteiger partial charge in [0.1, 0.15) is 0 Å². The van der Waals surface area contributed by atoms with E-state index in [1.165, 1.54) is 29.3 Å². The van der Waals surface area contributed by atoms with E-state index in [2.05, 4.69) is 74.1 Å². The molecular formula is C17H21ClMgSi. The fourth-order valence-electron chi connectivity index (χ4n) is 2.45. The van der Waals surface area contributed by atoms with Crippen molar-refractivity contribution in [3.05, 3.63) is 67.2 Å². The molecule has 0 N–H and O–H groups in total. The molecule has 0 aliphatic carbocycles. The molecule has 0 radical (unpaired) electrons. The molecule has 2 aromatic rings. The molecule has 0 aliphatic heterocycles. The summed E-state index contributed by atoms with van der Waals surface area (Å²) in [5.74, 6) is 0. The fraction of sp³-hybridized carbons (Fsp3) is 0.235. The van der Waals surface area contributed by atoms with Crippen molar-refractivity contribution in [1.82, 2.24) is 0 Å². The molecule has 2 rings (SSSR count). The zero-order valence-corrected chi connectivity index (χ0v) is 15.4. The third-order valence-electron chi connectivity index (χ3n) is 3.61. The van der Waals surface area contributed by atoms with Gasteiger partial charge in [-0.1, -0.05) is 96.8 Å². The normalized spacial score (nSPS) is 10.3. The summed E-state index contributed by atoms with van der Waals surface area (Å²) in [4.78, 5) is 0. The summed E-state index contributed by atoms with van der Waals surface area (Å²) < 4.78 is 0. The Labute approximate surface area is 146 Å². The molecule has 0 saturated carbocycles. The van der Waals surface area contributed by atoms with Crippen molar-refractivity contribution in [3.8, 4) is 0 Å². The summed E-state index contributed by atoms with van der Waals surface area (Å²) in [6, 6.07) is 23.0. The second-order valence-corrected chi connectivity index (χ2v) is 8.74. The Morgan fingerprint density at radius 1 is 0.850 bits per heavy atom. The van der Waals surface area contributed by atoms with Crippen molar-refractivity contribution in [2.75, 3.05) is 0 Å². The third kappa shape index (κ3) is 4.62. The number of benzene rings is 2. The van der Waals surface area contributed by atoms with Crippen LogP contribution >= 0.6 is 0 Å². The van der Waals surface area contributed by atoms with Crippen LogP contribution in [0.2, 0.25) is 6.04 Å². The molecule has 0 spiro atoms. The number of hydrogen-bond donors (Lipinski definition) is 0. The summed E-state index contributed by atoms with van der Waals surface area (Å²) in [5, 5.41) is 2.90. The van der Waals surface area contributed by atoms with Gasteiger partial charge < -0.3 is 19.0 Å². The minimum absolute atomic E-state index is 0. The van der Waals surface area contributed by atoms with E-state index in [1.807, 2.05) is 0 Å². The molecule has 0 bridgehead atoms. The minimum atomic E-state index is -1.77. The van der Waals surface area contributed by atoms with Gasteiger partial charge in [-0.25, -0.2) is 0 Å². The van der Waals surface area contributed by atoms with Gasteiger partial charge in [-0.3, -0.25) is 0 Å². The van der Waals surface area contributed by atoms with Crippen LogP contribution in [0.5, 0.6) is 0 Å². The van der Waals surface area contributed by atoms with Gasteiger partial charge >= 0.3 is 23.1 Å². The monoisotopic (exact) mass is 312 g/mol. The van der Waals surface area contributed by atoms with Crippen molar-refractivity contribution < 1.29 is 12.4 Å². The van der Waals surface area contributed by atoms with Gasteiger partial charge in [0.2, 0.25) is 0 Å². The van der Waals surface area contributed by atoms with E-state index in [9.17, 15) is 0 Å². The van der Waals surface area contributed by atoms with E-state index in [0.717, 1.165) is 0 Å². The smallest absolute Gasteiger partial charge is 1.00 e. The van der Waals surface area contributed by atoms with Crippen molar-refractivity contribution in [1.29, 1.82) is 0 Å². The van der Waals surface area contributed by atoms with Gasteiger partial charge in [0.15, 0.2) is 0 Å². The molecule has 0 saturated heterocycles. The average Bonchev–Trinajstić information content (AvgIpc) is 2.46. The summed E-state index contributed by atoms with van der Waals surface area (Å²) >= 11 is 0. The van der Waals surface area contributed by atoms with Gasteiger partial charge in [0, 0.05) is 0 Å². The second-order valence-electron chi connectivity index (χ2n) is 4.92. The first-order chi connectivity index (χ1) is 8.77. The molecule has 0 unspecified atom stereocenters. The Bertz CT molecular complexity index is 433. The average molecular weight is 313 g/mol. The van der Waals surface area contributed by atoms with Crippen LogP contribution in [-0.2, 0) is 0 Å². The Balaban J connectivity index is 0.00000180. The second kappa shape index (κ2) is 9.61. The predicted molar refractivity (Wildman–Crippen MR) is 88.7 cm³/mol. The van der Waals surface area contributed by atoms with Crippen LogP contribution in [-0.4, -0.2) is 31.1 Å². The van der Waals surface area contributed by atoms with Crippen LogP contribution in [0.15, 0.2) is 60.7 Å². The molecular weight excluding hydrogens is 292 g/mol. The van der Waals surface area contributed by atoms with Crippen molar-refractivity contribution in [2.24, 2.45) is 0 Å². The van der Waals surface area contributed by atoms with E-state index in [1.54, 1.807) is 0 Å². The third-order valence-corrected chi connectivity index (χ3v) is 7.69. The van der Waals surface area contributed by atoms with Gasteiger partial charge in [0.25, 0.3) is 0 Å². The van der Waals surface area contributed by atoms with Gasteiger partial charge in [-0.15, -0.1) is 0 Å². The van der Waals surface area contributed by atoms with Crippen LogP contribution in [0.25, 0.3) is 0 Å². The maximum Gasteiger partial charge on any atom is 2.00 e. The minimum Gasteiger partial charge on any atom is -1.00 e. The number of rotatable bonds is 5. The topological polar surface area (TPSA) is 0 Å². The zero-order valence-electron chi connectivity index (χ0n) is 12.2. The standard InChI is InChI=1S/C17H21Si.ClH.Mg/c1-3-4-15-18(2,16-11-7-5-8-12-16)17-13-9-6-10-14-17;;/h5-14H,2-4,15H2,1H3;1H;/q-1;;+2/p-1. The van der Waals surface area contributed by atoms with E-state index >= 15 is 0 Å². The molecule has 0 nitrogen and oxygen atoms in total. The maximum atomic E-state index is 4.69. The summed E-state index contributed by atoms with van der Waals surface area (Å²) in [5.41, 5.74) is 0. The SMILES string of the molecule is [CH2-][Si](CCCC)(c1ccccc1)c1ccccc1.[Cl-].[Mg+2]. The van der Waals surface area contributed by atoms with E-state index in [0.29, 0.717) is 0 Å². The Kier molecular flexibility index (Phi) is 9.48. The van der Waals surface area contributed by atoms with E-state index in [-0.39, 0.29) is 35.5 Å². The fourth-order valence-corrected chi connectivity index (χ4v) is 5.98. The first kappa shape index (κ1) is 19.7.